The van der Waals surface area contributed by atoms with Gasteiger partial charge in [-0.3, -0.25) is 9.59 Å². The van der Waals surface area contributed by atoms with E-state index >= 15 is 0 Å². The molecule has 0 saturated heterocycles. The lowest BCUT2D eigenvalue weighted by Gasteiger charge is -2.40. The molecule has 1 aliphatic rings. The van der Waals surface area contributed by atoms with Crippen LogP contribution in [0.15, 0.2) is 53.4 Å². The van der Waals surface area contributed by atoms with Crippen LogP contribution >= 0.6 is 56.6 Å². The van der Waals surface area contributed by atoms with Gasteiger partial charge in [0.15, 0.2) is 5.82 Å². The molecule has 0 spiro atoms. The first-order valence-electron chi connectivity index (χ1n) is 10.9. The maximum atomic E-state index is 14.2. The number of halogens is 11. The fraction of sp³-hybridized carbons (Fsp3) is 0.167. The number of nitrogens with one attached hydrogen (secondary N) is 1. The van der Waals surface area contributed by atoms with Crippen LogP contribution in [0.3, 0.4) is 0 Å². The number of carbonyl (C=O) groups excluding carboxylic acids is 2. The lowest BCUT2D eigenvalue weighted by atomic mass is 10.0. The number of rotatable bonds is 7. The molecule has 1 fully saturated rings. The van der Waals surface area contributed by atoms with Gasteiger partial charge in [-0.15, -0.1) is 23.2 Å². The summed E-state index contributed by atoms with van der Waals surface area (Å²) >= 11 is 24.1. The van der Waals surface area contributed by atoms with Crippen molar-refractivity contribution >= 4 is 79.7 Å². The van der Waals surface area contributed by atoms with E-state index < -0.39 is 83.0 Å². The van der Waals surface area contributed by atoms with Gasteiger partial charge in [0, 0.05) is 17.4 Å². The molecular formula is C24H15Cl4F7N2O2S. The minimum Gasteiger partial charge on any atom is -0.394 e. The van der Waals surface area contributed by atoms with Crippen molar-refractivity contribution in [1.29, 1.82) is 0 Å². The molecule has 3 N–H and O–H groups in total. The summed E-state index contributed by atoms with van der Waals surface area (Å²) in [5.74, 6) is -6.46. The number of nitrogen functional groups attached to an aromatic ring is 1. The number of hydrogen-bond acceptors (Lipinski definition) is 3. The Labute approximate surface area is 242 Å². The summed E-state index contributed by atoms with van der Waals surface area (Å²) in [7, 11) is -10.1. The van der Waals surface area contributed by atoms with E-state index in [4.69, 9.17) is 52.1 Å². The molecule has 0 aromatic heterocycles. The van der Waals surface area contributed by atoms with Crippen LogP contribution < -0.4 is 11.1 Å². The summed E-state index contributed by atoms with van der Waals surface area (Å²) in [6, 6.07) is 6.77. The van der Waals surface area contributed by atoms with Gasteiger partial charge in [-0.2, -0.15) is 0 Å². The van der Waals surface area contributed by atoms with Crippen LogP contribution in [0.1, 0.15) is 27.4 Å². The highest BCUT2D eigenvalue weighted by Crippen LogP contribution is 3.02. The number of alkyl halides is 2. The molecule has 3 aromatic rings. The van der Waals surface area contributed by atoms with Crippen molar-refractivity contribution in [1.82, 2.24) is 0 Å². The Bertz CT molecular complexity index is 1590. The highest BCUT2D eigenvalue weighted by Gasteiger charge is 2.69. The quantitative estimate of drug-likeness (QED) is 0.150. The molecule has 1 saturated carbocycles. The van der Waals surface area contributed by atoms with Crippen LogP contribution in [0.2, 0.25) is 10.0 Å². The maximum absolute atomic E-state index is 14.2. The predicted octanol–water partition coefficient (Wildman–Crippen LogP) is 9.46. The Balaban J connectivity index is 1.57. The van der Waals surface area contributed by atoms with Crippen LogP contribution in [0.5, 0.6) is 0 Å². The summed E-state index contributed by atoms with van der Waals surface area (Å²) in [5.41, 5.74) is 3.59. The highest BCUT2D eigenvalue weighted by molar-refractivity contribution is 8.45. The second-order valence-electron chi connectivity index (χ2n) is 9.05. The number of ketones is 1. The standard InChI is InChI=1S/C24H15Cl4F7N2O2S/c25-12-7-11(8-13(9-12)40(31,32,33,34)35)19-20(24(19,27)28)18(38)6-10-1-2-15(26)14(5-10)23(39)37-17-4-3-16(29)22(36)21(17)30/h1-5,7-9,19-20H,6,36H2,(H,37,39). The molecule has 2 unspecified atom stereocenters. The number of amides is 1. The Morgan fingerprint density at radius 2 is 1.60 bits per heavy atom. The van der Waals surface area contributed by atoms with Crippen molar-refractivity contribution in [2.75, 3.05) is 11.1 Å². The molecule has 16 heteroatoms. The normalized spacial score (nSPS) is 19.9. The van der Waals surface area contributed by atoms with Crippen molar-refractivity contribution in [3.63, 3.8) is 0 Å². The molecule has 3 aromatic carbocycles. The molecule has 2 atom stereocenters. The summed E-state index contributed by atoms with van der Waals surface area (Å²) in [6.07, 6.45) is -0.438. The van der Waals surface area contributed by atoms with E-state index in [-0.39, 0.29) is 28.3 Å². The second kappa shape index (κ2) is 9.32. The highest BCUT2D eigenvalue weighted by atomic mass is 35.5. The summed E-state index contributed by atoms with van der Waals surface area (Å²) < 4.78 is 92.6. The van der Waals surface area contributed by atoms with E-state index in [1.54, 1.807) is 0 Å². The largest absolute Gasteiger partial charge is 0.394 e. The summed E-state index contributed by atoms with van der Waals surface area (Å²) in [5, 5.41) is 1.43. The molecule has 40 heavy (non-hydrogen) atoms. The Morgan fingerprint density at radius 3 is 2.23 bits per heavy atom. The van der Waals surface area contributed by atoms with Crippen LogP contribution in [0.4, 0.5) is 39.6 Å². The molecule has 0 bridgehead atoms. The van der Waals surface area contributed by atoms with E-state index in [0.717, 1.165) is 18.2 Å². The number of carbonyl (C=O) groups is 2. The van der Waals surface area contributed by atoms with E-state index in [1.165, 1.54) is 18.2 Å². The number of anilines is 2. The van der Waals surface area contributed by atoms with Gasteiger partial charge in [-0.05, 0) is 53.6 Å². The second-order valence-corrected chi connectivity index (χ2v) is 13.8. The SMILES string of the molecule is Nc1c(F)ccc(NC(=O)c2cc(CC(=O)C3C(c4cc(Cl)cc(S(F)(F)(F)(F)F)c4)C3(Cl)Cl)ccc2Cl)c1F. The Morgan fingerprint density at radius 1 is 0.950 bits per heavy atom. The number of benzene rings is 3. The van der Waals surface area contributed by atoms with Gasteiger partial charge in [0.2, 0.25) is 0 Å². The fourth-order valence-corrected chi connectivity index (χ4v) is 6.25. The molecule has 4 rings (SSSR count). The minimum absolute atomic E-state index is 0.0718. The van der Waals surface area contributed by atoms with Crippen LogP contribution in [-0.4, -0.2) is 16.0 Å². The van der Waals surface area contributed by atoms with Crippen molar-refractivity contribution in [3.05, 3.63) is 86.9 Å². The summed E-state index contributed by atoms with van der Waals surface area (Å²) in [4.78, 5) is 23.5. The zero-order valence-corrected chi connectivity index (χ0v) is 23.3. The van der Waals surface area contributed by atoms with Crippen LogP contribution in [-0.2, 0) is 11.2 Å². The molecule has 0 aliphatic heterocycles. The van der Waals surface area contributed by atoms with E-state index in [0.29, 0.717) is 0 Å². The van der Waals surface area contributed by atoms with Crippen LogP contribution in [0.25, 0.3) is 0 Å². The van der Waals surface area contributed by atoms with Gasteiger partial charge in [-0.1, -0.05) is 48.7 Å². The molecule has 4 nitrogen and oxygen atoms in total. The minimum atomic E-state index is -10.1. The van der Waals surface area contributed by atoms with Gasteiger partial charge in [0.05, 0.1) is 22.2 Å². The van der Waals surface area contributed by atoms with Crippen molar-refractivity contribution in [2.45, 2.75) is 21.6 Å². The Hall–Kier alpha value is -2.38. The van der Waals surface area contributed by atoms with E-state index in [1.807, 2.05) is 0 Å². The zero-order chi connectivity index (χ0) is 30.1. The van der Waals surface area contributed by atoms with Crippen molar-refractivity contribution in [2.24, 2.45) is 5.92 Å². The van der Waals surface area contributed by atoms with Gasteiger partial charge in [0.25, 0.3) is 5.91 Å². The topological polar surface area (TPSA) is 72.2 Å². The smallest absolute Gasteiger partial charge is 0.310 e. The average Bonchev–Trinajstić information content (AvgIpc) is 3.40. The zero-order valence-electron chi connectivity index (χ0n) is 19.4. The fourth-order valence-electron chi connectivity index (χ4n) is 4.15. The third-order valence-electron chi connectivity index (χ3n) is 6.13. The summed E-state index contributed by atoms with van der Waals surface area (Å²) in [6.45, 7) is 0. The lowest BCUT2D eigenvalue weighted by Crippen LogP contribution is -2.16. The molecule has 1 aliphatic carbocycles. The first-order chi connectivity index (χ1) is 18.1. The van der Waals surface area contributed by atoms with Gasteiger partial charge >= 0.3 is 10.2 Å². The predicted molar refractivity (Wildman–Crippen MR) is 142 cm³/mol. The number of hydrogen-bond donors (Lipinski definition) is 2. The van der Waals surface area contributed by atoms with Crippen molar-refractivity contribution < 1.29 is 37.8 Å². The maximum Gasteiger partial charge on any atom is 0.310 e. The third kappa shape index (κ3) is 6.11. The molecule has 216 valence electrons. The molecule has 1 amide bonds. The van der Waals surface area contributed by atoms with Crippen molar-refractivity contribution in [3.8, 4) is 0 Å². The van der Waals surface area contributed by atoms with E-state index in [9.17, 15) is 37.8 Å². The average molecular weight is 670 g/mol. The van der Waals surface area contributed by atoms with Crippen LogP contribution in [0, 0.1) is 17.6 Å². The third-order valence-corrected chi connectivity index (χ3v) is 8.74. The monoisotopic (exact) mass is 668 g/mol. The Kier molecular flexibility index (Phi) is 7.12. The van der Waals surface area contributed by atoms with Gasteiger partial charge < -0.3 is 11.1 Å². The van der Waals surface area contributed by atoms with E-state index in [2.05, 4.69) is 5.32 Å². The lowest BCUT2D eigenvalue weighted by molar-refractivity contribution is -0.119. The first kappa shape index (κ1) is 30.6. The molecule has 0 heterocycles. The number of nitrogens with two attached hydrogens (primary N) is 1. The van der Waals surface area contributed by atoms with Gasteiger partial charge in [0.1, 0.15) is 26.5 Å². The molecular weight excluding hydrogens is 655 g/mol. The van der Waals surface area contributed by atoms with Gasteiger partial charge in [-0.25, -0.2) is 8.78 Å². The first-order valence-corrected chi connectivity index (χ1v) is 14.3. The number of Topliss-reactive ketones (excluding diaryl/α,β-unsaturated/α-hetero) is 1. The molecule has 0 radical (unpaired) electrons.